The van der Waals surface area contributed by atoms with Gasteiger partial charge in [-0.15, -0.1) is 0 Å². The quantitative estimate of drug-likeness (QED) is 0.784. The summed E-state index contributed by atoms with van der Waals surface area (Å²) in [4.78, 5) is 37.1. The lowest BCUT2D eigenvalue weighted by Gasteiger charge is -2.34. The van der Waals surface area contributed by atoms with Crippen molar-refractivity contribution in [2.75, 3.05) is 46.8 Å². The minimum atomic E-state index is -0.177. The number of hydrogen-bond acceptors (Lipinski definition) is 5. The van der Waals surface area contributed by atoms with Crippen LogP contribution in [0.2, 0.25) is 5.15 Å². The molecule has 0 spiro atoms. The van der Waals surface area contributed by atoms with Gasteiger partial charge >= 0.3 is 0 Å². The van der Waals surface area contributed by atoms with Crippen LogP contribution in [0.5, 0.6) is 0 Å². The Morgan fingerprint density at radius 3 is 2.48 bits per heavy atom. The number of aromatic nitrogens is 2. The van der Waals surface area contributed by atoms with Crippen LogP contribution in [-0.2, 0) is 4.79 Å². The first-order valence-electron chi connectivity index (χ1n) is 6.66. The summed E-state index contributed by atoms with van der Waals surface area (Å²) < 4.78 is 0. The molecular formula is C13H18ClN5O2. The second-order valence-corrected chi connectivity index (χ2v) is 5.47. The van der Waals surface area contributed by atoms with Crippen LogP contribution in [0.3, 0.4) is 0 Å². The zero-order valence-electron chi connectivity index (χ0n) is 12.1. The molecule has 1 aromatic heterocycles. The number of rotatable bonds is 3. The lowest BCUT2D eigenvalue weighted by atomic mass is 10.2. The summed E-state index contributed by atoms with van der Waals surface area (Å²) in [5.74, 6) is -0.112. The van der Waals surface area contributed by atoms with E-state index >= 15 is 0 Å². The number of halogens is 1. The Kier molecular flexibility index (Phi) is 5.08. The largest absolute Gasteiger partial charge is 0.348 e. The zero-order chi connectivity index (χ0) is 15.4. The standard InChI is InChI=1S/C13H18ClN5O2/c1-17(2)12(20)9-18-3-5-19(6-4-18)13(21)10-7-15-8-11(14)16-10/h7-8H,3-6,9H2,1-2H3. The molecule has 0 N–H and O–H groups in total. The Bertz CT molecular complexity index is 529. The molecule has 0 bridgehead atoms. The maximum Gasteiger partial charge on any atom is 0.274 e. The summed E-state index contributed by atoms with van der Waals surface area (Å²) in [5, 5.41) is 0.205. The second kappa shape index (κ2) is 6.82. The maximum absolute atomic E-state index is 12.3. The van der Waals surface area contributed by atoms with Gasteiger partial charge in [-0.05, 0) is 0 Å². The van der Waals surface area contributed by atoms with Crippen LogP contribution in [0.4, 0.5) is 0 Å². The number of amides is 2. The van der Waals surface area contributed by atoms with Gasteiger partial charge in [-0.3, -0.25) is 19.5 Å². The zero-order valence-corrected chi connectivity index (χ0v) is 12.9. The van der Waals surface area contributed by atoms with Gasteiger partial charge in [-0.2, -0.15) is 0 Å². The van der Waals surface area contributed by atoms with Crippen LogP contribution < -0.4 is 0 Å². The number of piperazine rings is 1. The van der Waals surface area contributed by atoms with Gasteiger partial charge in [-0.1, -0.05) is 11.6 Å². The maximum atomic E-state index is 12.3. The summed E-state index contributed by atoms with van der Waals surface area (Å²) in [6.45, 7) is 2.84. The van der Waals surface area contributed by atoms with E-state index < -0.39 is 0 Å². The topological polar surface area (TPSA) is 69.6 Å². The van der Waals surface area contributed by atoms with Crippen molar-refractivity contribution in [3.05, 3.63) is 23.2 Å². The Morgan fingerprint density at radius 2 is 1.90 bits per heavy atom. The average molecular weight is 312 g/mol. The minimum absolute atomic E-state index is 0.0653. The molecule has 2 rings (SSSR count). The van der Waals surface area contributed by atoms with Gasteiger partial charge in [0.05, 0.1) is 18.9 Å². The first-order chi connectivity index (χ1) is 9.97. The van der Waals surface area contributed by atoms with Gasteiger partial charge < -0.3 is 9.80 Å². The SMILES string of the molecule is CN(C)C(=O)CN1CCN(C(=O)c2cncc(Cl)n2)CC1. The molecule has 21 heavy (non-hydrogen) atoms. The van der Waals surface area contributed by atoms with Crippen molar-refractivity contribution in [3.63, 3.8) is 0 Å². The molecular weight excluding hydrogens is 294 g/mol. The van der Waals surface area contributed by atoms with Crippen LogP contribution >= 0.6 is 11.6 Å². The van der Waals surface area contributed by atoms with E-state index in [1.54, 1.807) is 23.9 Å². The molecule has 2 amide bonds. The molecule has 114 valence electrons. The van der Waals surface area contributed by atoms with Gasteiger partial charge in [0.25, 0.3) is 5.91 Å². The second-order valence-electron chi connectivity index (χ2n) is 5.08. The van der Waals surface area contributed by atoms with Crippen LogP contribution in [0.15, 0.2) is 12.4 Å². The minimum Gasteiger partial charge on any atom is -0.348 e. The number of likely N-dealkylation sites (N-methyl/N-ethyl adjacent to an activating group) is 1. The highest BCUT2D eigenvalue weighted by Crippen LogP contribution is 2.09. The third-order valence-corrected chi connectivity index (χ3v) is 3.52. The van der Waals surface area contributed by atoms with E-state index in [1.165, 1.54) is 12.4 Å². The smallest absolute Gasteiger partial charge is 0.274 e. The fraction of sp³-hybridized carbons (Fsp3) is 0.538. The summed E-state index contributed by atoms with van der Waals surface area (Å²) >= 11 is 5.74. The summed E-state index contributed by atoms with van der Waals surface area (Å²) in [5.41, 5.74) is 0.250. The predicted octanol–water partition coefficient (Wildman–Crippen LogP) is -0.0240. The molecule has 1 saturated heterocycles. The Labute approximate surface area is 128 Å². The molecule has 7 nitrogen and oxygen atoms in total. The number of hydrogen-bond donors (Lipinski definition) is 0. The van der Waals surface area contributed by atoms with E-state index in [4.69, 9.17) is 11.6 Å². The molecule has 1 aliphatic rings. The van der Waals surface area contributed by atoms with Crippen molar-refractivity contribution in [2.24, 2.45) is 0 Å². The Balaban J connectivity index is 1.89. The van der Waals surface area contributed by atoms with Crippen LogP contribution in [-0.4, -0.2) is 83.3 Å². The lowest BCUT2D eigenvalue weighted by Crippen LogP contribution is -2.51. The van der Waals surface area contributed by atoms with Crippen molar-refractivity contribution in [1.82, 2.24) is 24.7 Å². The molecule has 1 fully saturated rings. The molecule has 0 saturated carbocycles. The fourth-order valence-corrected chi connectivity index (χ4v) is 2.20. The molecule has 0 aliphatic carbocycles. The normalized spacial score (nSPS) is 15.9. The van der Waals surface area contributed by atoms with Crippen LogP contribution in [0.1, 0.15) is 10.5 Å². The predicted molar refractivity (Wildman–Crippen MR) is 78.1 cm³/mol. The first kappa shape index (κ1) is 15.7. The summed E-state index contributed by atoms with van der Waals surface area (Å²) in [6.07, 6.45) is 2.80. The third-order valence-electron chi connectivity index (χ3n) is 3.34. The van der Waals surface area contributed by atoms with E-state index in [-0.39, 0.29) is 22.7 Å². The first-order valence-corrected chi connectivity index (χ1v) is 7.04. The average Bonchev–Trinajstić information content (AvgIpc) is 2.47. The highest BCUT2D eigenvalue weighted by molar-refractivity contribution is 6.29. The van der Waals surface area contributed by atoms with Crippen molar-refractivity contribution in [1.29, 1.82) is 0 Å². The van der Waals surface area contributed by atoms with Crippen molar-refractivity contribution in [2.45, 2.75) is 0 Å². The van der Waals surface area contributed by atoms with E-state index in [9.17, 15) is 9.59 Å². The highest BCUT2D eigenvalue weighted by Gasteiger charge is 2.24. The van der Waals surface area contributed by atoms with Crippen LogP contribution in [0, 0.1) is 0 Å². The number of nitrogens with zero attached hydrogens (tertiary/aromatic N) is 5. The monoisotopic (exact) mass is 311 g/mol. The molecule has 0 unspecified atom stereocenters. The Morgan fingerprint density at radius 1 is 1.24 bits per heavy atom. The molecule has 1 aromatic rings. The summed E-state index contributed by atoms with van der Waals surface area (Å²) in [7, 11) is 3.47. The van der Waals surface area contributed by atoms with Crippen molar-refractivity contribution >= 4 is 23.4 Å². The fourth-order valence-electron chi connectivity index (χ4n) is 2.05. The molecule has 0 atom stereocenters. The summed E-state index contributed by atoms with van der Waals surface area (Å²) in [6, 6.07) is 0. The van der Waals surface area contributed by atoms with E-state index in [0.29, 0.717) is 32.7 Å². The van der Waals surface area contributed by atoms with Crippen molar-refractivity contribution < 1.29 is 9.59 Å². The van der Waals surface area contributed by atoms with Gasteiger partial charge in [0.15, 0.2) is 0 Å². The lowest BCUT2D eigenvalue weighted by molar-refractivity contribution is -0.130. The molecule has 2 heterocycles. The third kappa shape index (κ3) is 4.12. The van der Waals surface area contributed by atoms with E-state index in [0.717, 1.165) is 0 Å². The number of carbonyl (C=O) groups is 2. The van der Waals surface area contributed by atoms with Gasteiger partial charge in [-0.25, -0.2) is 4.98 Å². The van der Waals surface area contributed by atoms with E-state index in [2.05, 4.69) is 9.97 Å². The molecule has 0 aromatic carbocycles. The van der Waals surface area contributed by atoms with Gasteiger partial charge in [0.1, 0.15) is 10.8 Å². The molecule has 8 heteroatoms. The Hall–Kier alpha value is -1.73. The molecule has 1 aliphatic heterocycles. The number of carbonyl (C=O) groups excluding carboxylic acids is 2. The molecule has 0 radical (unpaired) electrons. The van der Waals surface area contributed by atoms with Gasteiger partial charge in [0, 0.05) is 40.3 Å². The van der Waals surface area contributed by atoms with Crippen LogP contribution in [0.25, 0.3) is 0 Å². The van der Waals surface area contributed by atoms with Crippen molar-refractivity contribution in [3.8, 4) is 0 Å². The van der Waals surface area contributed by atoms with E-state index in [1.807, 2.05) is 4.90 Å². The highest BCUT2D eigenvalue weighted by atomic mass is 35.5. The van der Waals surface area contributed by atoms with Gasteiger partial charge in [0.2, 0.25) is 5.91 Å².